The Labute approximate surface area is 130 Å². The Balaban J connectivity index is 2.95. The molecule has 1 aromatic heterocycles. The topological polar surface area (TPSA) is 44.3 Å². The van der Waals surface area contributed by atoms with Gasteiger partial charge in [0.1, 0.15) is 5.82 Å². The van der Waals surface area contributed by atoms with Crippen LogP contribution in [-0.4, -0.2) is 54.6 Å². The Morgan fingerprint density at radius 2 is 2.05 bits per heavy atom. The Morgan fingerprint density at radius 3 is 2.60 bits per heavy atom. The molecular formula is C14H26BrN5. The normalized spacial score (nSPS) is 12.6. The van der Waals surface area contributed by atoms with Crippen LogP contribution in [-0.2, 0) is 0 Å². The molecule has 0 aliphatic rings. The van der Waals surface area contributed by atoms with Crippen LogP contribution in [0.4, 0.5) is 11.8 Å². The lowest BCUT2D eigenvalue weighted by atomic mass is 10.2. The first-order valence-corrected chi connectivity index (χ1v) is 7.96. The lowest BCUT2D eigenvalue weighted by Gasteiger charge is -2.31. The maximum atomic E-state index is 4.65. The van der Waals surface area contributed by atoms with Crippen molar-refractivity contribution < 1.29 is 0 Å². The van der Waals surface area contributed by atoms with Crippen LogP contribution in [0, 0.1) is 0 Å². The summed E-state index contributed by atoms with van der Waals surface area (Å²) in [5, 5.41) is 3.24. The van der Waals surface area contributed by atoms with E-state index in [0.29, 0.717) is 12.0 Å². The molecule has 6 heteroatoms. The molecule has 5 nitrogen and oxygen atoms in total. The zero-order valence-electron chi connectivity index (χ0n) is 13.1. The molecule has 1 N–H and O–H groups in total. The first-order valence-electron chi connectivity index (χ1n) is 7.17. The van der Waals surface area contributed by atoms with E-state index < -0.39 is 0 Å². The maximum absolute atomic E-state index is 4.65. The number of halogens is 1. The number of hydrogen-bond donors (Lipinski definition) is 1. The maximum Gasteiger partial charge on any atom is 0.224 e. The average molecular weight is 344 g/mol. The number of anilines is 2. The van der Waals surface area contributed by atoms with Crippen LogP contribution in [0.5, 0.6) is 0 Å². The third-order valence-corrected chi connectivity index (χ3v) is 3.59. The summed E-state index contributed by atoms with van der Waals surface area (Å²) in [4.78, 5) is 13.4. The molecule has 1 heterocycles. The summed E-state index contributed by atoms with van der Waals surface area (Å²) in [6, 6.07) is 0.389. The van der Waals surface area contributed by atoms with Crippen LogP contribution in [0.3, 0.4) is 0 Å². The first kappa shape index (κ1) is 17.2. The summed E-state index contributed by atoms with van der Waals surface area (Å²) < 4.78 is 0.937. The highest BCUT2D eigenvalue weighted by molar-refractivity contribution is 9.10. The van der Waals surface area contributed by atoms with E-state index in [-0.39, 0.29) is 0 Å². The smallest absolute Gasteiger partial charge is 0.224 e. The van der Waals surface area contributed by atoms with E-state index in [9.17, 15) is 0 Å². The van der Waals surface area contributed by atoms with Gasteiger partial charge in [-0.1, -0.05) is 6.92 Å². The zero-order chi connectivity index (χ0) is 15.1. The van der Waals surface area contributed by atoms with Crippen molar-refractivity contribution in [3.63, 3.8) is 0 Å². The molecule has 0 saturated carbocycles. The largest absolute Gasteiger partial charge is 0.354 e. The number of likely N-dealkylation sites (N-methyl/N-ethyl adjacent to an activating group) is 2. The van der Waals surface area contributed by atoms with Crippen LogP contribution in [0.2, 0.25) is 0 Å². The second-order valence-electron chi connectivity index (χ2n) is 5.19. The van der Waals surface area contributed by atoms with Crippen LogP contribution < -0.4 is 10.2 Å². The minimum absolute atomic E-state index is 0.389. The highest BCUT2D eigenvalue weighted by Crippen LogP contribution is 2.26. The Morgan fingerprint density at radius 1 is 1.35 bits per heavy atom. The molecule has 1 atom stereocenters. The van der Waals surface area contributed by atoms with E-state index in [1.807, 2.05) is 6.20 Å². The van der Waals surface area contributed by atoms with Gasteiger partial charge in [-0.05, 0) is 50.3 Å². The predicted molar refractivity (Wildman–Crippen MR) is 89.5 cm³/mol. The quantitative estimate of drug-likeness (QED) is 0.786. The zero-order valence-corrected chi connectivity index (χ0v) is 14.7. The van der Waals surface area contributed by atoms with Gasteiger partial charge in [0, 0.05) is 31.9 Å². The SMILES string of the molecule is CCCNc1ncc(Br)c(N(CC)C(C)CN(C)C)n1. The summed E-state index contributed by atoms with van der Waals surface area (Å²) >= 11 is 3.57. The molecule has 1 rings (SSSR count). The summed E-state index contributed by atoms with van der Waals surface area (Å²) in [5.41, 5.74) is 0. The highest BCUT2D eigenvalue weighted by Gasteiger charge is 2.18. The lowest BCUT2D eigenvalue weighted by molar-refractivity contribution is 0.372. The van der Waals surface area contributed by atoms with Gasteiger partial charge in [0.25, 0.3) is 0 Å². The van der Waals surface area contributed by atoms with Crippen LogP contribution in [0.1, 0.15) is 27.2 Å². The standard InChI is InChI=1S/C14H26BrN5/c1-6-8-16-14-17-9-12(15)13(18-14)20(7-2)11(3)10-19(4)5/h9,11H,6-8,10H2,1-5H3,(H,16,17,18). The number of aromatic nitrogens is 2. The molecule has 1 unspecified atom stereocenters. The summed E-state index contributed by atoms with van der Waals surface area (Å²) in [6.45, 7) is 9.29. The van der Waals surface area contributed by atoms with Crippen molar-refractivity contribution in [2.45, 2.75) is 33.2 Å². The monoisotopic (exact) mass is 343 g/mol. The van der Waals surface area contributed by atoms with E-state index in [0.717, 1.165) is 36.3 Å². The molecule has 0 saturated heterocycles. The molecule has 0 aromatic carbocycles. The van der Waals surface area contributed by atoms with Gasteiger partial charge < -0.3 is 15.1 Å². The molecular weight excluding hydrogens is 318 g/mol. The lowest BCUT2D eigenvalue weighted by Crippen LogP contribution is -2.40. The van der Waals surface area contributed by atoms with Gasteiger partial charge in [-0.3, -0.25) is 0 Å². The molecule has 0 amide bonds. The number of nitrogens with zero attached hydrogens (tertiary/aromatic N) is 4. The van der Waals surface area contributed by atoms with Gasteiger partial charge in [0.15, 0.2) is 0 Å². The Hall–Kier alpha value is -0.880. The van der Waals surface area contributed by atoms with Crippen LogP contribution >= 0.6 is 15.9 Å². The van der Waals surface area contributed by atoms with E-state index >= 15 is 0 Å². The molecule has 0 radical (unpaired) electrons. The van der Waals surface area contributed by atoms with Gasteiger partial charge in [-0.15, -0.1) is 0 Å². The minimum atomic E-state index is 0.389. The molecule has 114 valence electrons. The van der Waals surface area contributed by atoms with Crippen molar-refractivity contribution in [2.24, 2.45) is 0 Å². The molecule has 20 heavy (non-hydrogen) atoms. The Kier molecular flexibility index (Phi) is 7.23. The predicted octanol–water partition coefficient (Wildman–Crippen LogP) is 2.84. The molecule has 0 spiro atoms. The number of nitrogens with one attached hydrogen (secondary N) is 1. The molecule has 0 bridgehead atoms. The average Bonchev–Trinajstić information content (AvgIpc) is 2.39. The second-order valence-corrected chi connectivity index (χ2v) is 6.04. The van der Waals surface area contributed by atoms with Crippen molar-refractivity contribution in [1.29, 1.82) is 0 Å². The second kappa shape index (κ2) is 8.42. The van der Waals surface area contributed by atoms with Crippen LogP contribution in [0.25, 0.3) is 0 Å². The summed E-state index contributed by atoms with van der Waals surface area (Å²) in [7, 11) is 4.18. The number of hydrogen-bond acceptors (Lipinski definition) is 5. The minimum Gasteiger partial charge on any atom is -0.354 e. The fraction of sp³-hybridized carbons (Fsp3) is 0.714. The van der Waals surface area contributed by atoms with Crippen LogP contribution in [0.15, 0.2) is 10.7 Å². The molecule has 1 aromatic rings. The van der Waals surface area contributed by atoms with Gasteiger partial charge in [0.05, 0.1) is 4.47 Å². The van der Waals surface area contributed by atoms with Crippen molar-refractivity contribution in [1.82, 2.24) is 14.9 Å². The van der Waals surface area contributed by atoms with Gasteiger partial charge in [-0.25, -0.2) is 4.98 Å². The Bertz CT molecular complexity index is 411. The number of rotatable bonds is 8. The molecule has 0 fully saturated rings. The fourth-order valence-corrected chi connectivity index (χ4v) is 2.60. The fourth-order valence-electron chi connectivity index (χ4n) is 2.18. The summed E-state index contributed by atoms with van der Waals surface area (Å²) in [6.07, 6.45) is 2.88. The van der Waals surface area contributed by atoms with Gasteiger partial charge in [-0.2, -0.15) is 4.98 Å². The van der Waals surface area contributed by atoms with Crippen molar-refractivity contribution in [3.8, 4) is 0 Å². The van der Waals surface area contributed by atoms with Gasteiger partial charge >= 0.3 is 0 Å². The van der Waals surface area contributed by atoms with Crippen molar-refractivity contribution in [3.05, 3.63) is 10.7 Å². The van der Waals surface area contributed by atoms with E-state index in [1.54, 1.807) is 0 Å². The highest BCUT2D eigenvalue weighted by atomic mass is 79.9. The van der Waals surface area contributed by atoms with Crippen molar-refractivity contribution in [2.75, 3.05) is 43.9 Å². The van der Waals surface area contributed by atoms with E-state index in [1.165, 1.54) is 0 Å². The van der Waals surface area contributed by atoms with Gasteiger partial charge in [0.2, 0.25) is 5.95 Å². The third kappa shape index (κ3) is 4.90. The van der Waals surface area contributed by atoms with Crippen molar-refractivity contribution >= 4 is 27.7 Å². The summed E-state index contributed by atoms with van der Waals surface area (Å²) in [5.74, 6) is 1.65. The van der Waals surface area contributed by atoms with E-state index in [2.05, 4.69) is 75.9 Å². The molecule has 0 aliphatic carbocycles. The molecule has 0 aliphatic heterocycles. The first-order chi connectivity index (χ1) is 9.49. The third-order valence-electron chi connectivity index (χ3n) is 3.03. The van der Waals surface area contributed by atoms with E-state index in [4.69, 9.17) is 0 Å².